The number of ether oxygens (including phenoxy) is 1. The summed E-state index contributed by atoms with van der Waals surface area (Å²) < 4.78 is 10.6. The summed E-state index contributed by atoms with van der Waals surface area (Å²) in [5.74, 6) is 0.0575. The maximum absolute atomic E-state index is 12.8. The minimum atomic E-state index is -0.479. The summed E-state index contributed by atoms with van der Waals surface area (Å²) in [6.45, 7) is 1.90. The summed E-state index contributed by atoms with van der Waals surface area (Å²) in [5, 5.41) is 0.386. The third-order valence-electron chi connectivity index (χ3n) is 4.02. The maximum atomic E-state index is 12.8. The summed E-state index contributed by atoms with van der Waals surface area (Å²) in [6.07, 6.45) is 4.25. The van der Waals surface area contributed by atoms with Crippen molar-refractivity contribution in [1.82, 2.24) is 0 Å². The van der Waals surface area contributed by atoms with Crippen LogP contribution in [0, 0.1) is 0 Å². The fourth-order valence-corrected chi connectivity index (χ4v) is 2.70. The zero-order valence-electron chi connectivity index (χ0n) is 14.1. The molecule has 2 aromatic carbocycles. The van der Waals surface area contributed by atoms with E-state index in [0.29, 0.717) is 34.3 Å². The lowest BCUT2D eigenvalue weighted by Crippen LogP contribution is -2.11. The van der Waals surface area contributed by atoms with Crippen molar-refractivity contribution in [2.45, 2.75) is 13.3 Å². The molecule has 0 atom stereocenters. The van der Waals surface area contributed by atoms with E-state index in [1.165, 1.54) is 13.2 Å². The second-order valence-corrected chi connectivity index (χ2v) is 5.57. The van der Waals surface area contributed by atoms with Crippen LogP contribution in [0.2, 0.25) is 0 Å². The van der Waals surface area contributed by atoms with Crippen LogP contribution in [0.5, 0.6) is 0 Å². The normalized spacial score (nSPS) is 11.1. The molecule has 0 aliphatic rings. The fourth-order valence-electron chi connectivity index (χ4n) is 2.70. The molecule has 0 aliphatic heterocycles. The molecule has 4 heteroatoms. The Bertz CT molecular complexity index is 998. The van der Waals surface area contributed by atoms with Crippen molar-refractivity contribution in [2.24, 2.45) is 0 Å². The molecule has 0 amide bonds. The first-order valence-electron chi connectivity index (χ1n) is 8.05. The van der Waals surface area contributed by atoms with Gasteiger partial charge in [-0.05, 0) is 36.3 Å². The molecule has 0 radical (unpaired) electrons. The van der Waals surface area contributed by atoms with Gasteiger partial charge in [-0.25, -0.2) is 4.79 Å². The Morgan fingerprint density at radius 3 is 2.56 bits per heavy atom. The van der Waals surface area contributed by atoms with Crippen molar-refractivity contribution in [1.29, 1.82) is 0 Å². The number of hydrogen-bond acceptors (Lipinski definition) is 4. The van der Waals surface area contributed by atoms with Crippen LogP contribution in [0.1, 0.15) is 34.2 Å². The van der Waals surface area contributed by atoms with E-state index in [1.807, 2.05) is 49.4 Å². The molecule has 0 spiro atoms. The first kappa shape index (κ1) is 16.7. The highest BCUT2D eigenvalue weighted by atomic mass is 16.5. The Kier molecular flexibility index (Phi) is 4.80. The predicted octanol–water partition coefficient (Wildman–Crippen LogP) is 4.31. The molecular formula is C21H18O4. The molecule has 0 saturated carbocycles. The second-order valence-electron chi connectivity index (χ2n) is 5.57. The molecule has 0 fully saturated rings. The summed E-state index contributed by atoms with van der Waals surface area (Å²) in [5.41, 5.74) is 2.26. The number of hydrogen-bond donors (Lipinski definition) is 0. The van der Waals surface area contributed by atoms with E-state index >= 15 is 0 Å². The molecule has 0 N–H and O–H groups in total. The Morgan fingerprint density at radius 1 is 1.12 bits per heavy atom. The predicted molar refractivity (Wildman–Crippen MR) is 98.6 cm³/mol. The third kappa shape index (κ3) is 3.38. The van der Waals surface area contributed by atoms with Gasteiger partial charge in [-0.15, -0.1) is 0 Å². The molecule has 0 aliphatic carbocycles. The second kappa shape index (κ2) is 7.18. The van der Waals surface area contributed by atoms with Gasteiger partial charge in [0.05, 0.1) is 18.1 Å². The number of carbonyl (C=O) groups excluding carboxylic acids is 1. The van der Waals surface area contributed by atoms with E-state index in [-0.39, 0.29) is 5.43 Å². The number of benzene rings is 2. The van der Waals surface area contributed by atoms with Crippen molar-refractivity contribution < 1.29 is 13.9 Å². The van der Waals surface area contributed by atoms with Crippen LogP contribution >= 0.6 is 0 Å². The zero-order chi connectivity index (χ0) is 17.8. The van der Waals surface area contributed by atoms with Crippen molar-refractivity contribution in [3.05, 3.63) is 81.2 Å². The van der Waals surface area contributed by atoms with E-state index in [4.69, 9.17) is 9.15 Å². The molecular weight excluding hydrogens is 316 g/mol. The Balaban J connectivity index is 2.13. The van der Waals surface area contributed by atoms with Gasteiger partial charge >= 0.3 is 5.97 Å². The quantitative estimate of drug-likeness (QED) is 0.667. The van der Waals surface area contributed by atoms with Gasteiger partial charge in [0.25, 0.3) is 0 Å². The van der Waals surface area contributed by atoms with Gasteiger partial charge in [-0.2, -0.15) is 0 Å². The van der Waals surface area contributed by atoms with E-state index in [1.54, 1.807) is 12.1 Å². The monoisotopic (exact) mass is 334 g/mol. The SMILES string of the molecule is CCc1c(/C=C/c2ccccc2)oc2ccc(C(=O)OC)cc2c1=O. The fraction of sp³-hybridized carbons (Fsp3) is 0.143. The van der Waals surface area contributed by atoms with Gasteiger partial charge < -0.3 is 9.15 Å². The van der Waals surface area contributed by atoms with Gasteiger partial charge in [0.15, 0.2) is 5.43 Å². The maximum Gasteiger partial charge on any atom is 0.337 e. The van der Waals surface area contributed by atoms with Crippen LogP contribution in [0.4, 0.5) is 0 Å². The minimum Gasteiger partial charge on any atom is -0.465 e. The van der Waals surface area contributed by atoms with Crippen molar-refractivity contribution in [2.75, 3.05) is 7.11 Å². The molecule has 4 nitrogen and oxygen atoms in total. The van der Waals surface area contributed by atoms with Crippen LogP contribution in [-0.4, -0.2) is 13.1 Å². The summed E-state index contributed by atoms with van der Waals surface area (Å²) in [7, 11) is 1.31. The highest BCUT2D eigenvalue weighted by Crippen LogP contribution is 2.20. The average molecular weight is 334 g/mol. The first-order valence-corrected chi connectivity index (χ1v) is 8.05. The molecule has 1 heterocycles. The average Bonchev–Trinajstić information content (AvgIpc) is 2.66. The molecule has 3 aromatic rings. The standard InChI is InChI=1S/C21H18O4/c1-3-16-18(11-9-14-7-5-4-6-8-14)25-19-12-10-15(21(23)24-2)13-17(19)20(16)22/h4-13H,3H2,1-2H3/b11-9+. The topological polar surface area (TPSA) is 56.5 Å². The lowest BCUT2D eigenvalue weighted by atomic mass is 10.1. The zero-order valence-corrected chi connectivity index (χ0v) is 14.1. The number of esters is 1. The third-order valence-corrected chi connectivity index (χ3v) is 4.02. The van der Waals surface area contributed by atoms with Gasteiger partial charge in [-0.1, -0.05) is 43.3 Å². The van der Waals surface area contributed by atoms with Crippen molar-refractivity contribution in [3.8, 4) is 0 Å². The Labute approximate surface area is 145 Å². The van der Waals surface area contributed by atoms with Crippen LogP contribution in [0.25, 0.3) is 23.1 Å². The van der Waals surface area contributed by atoms with E-state index in [9.17, 15) is 9.59 Å². The Morgan fingerprint density at radius 2 is 1.88 bits per heavy atom. The Hall–Kier alpha value is -3.14. The van der Waals surface area contributed by atoms with Gasteiger partial charge in [0, 0.05) is 5.56 Å². The summed E-state index contributed by atoms with van der Waals surface area (Å²) in [6, 6.07) is 14.5. The van der Waals surface area contributed by atoms with E-state index in [0.717, 1.165) is 5.56 Å². The van der Waals surface area contributed by atoms with E-state index < -0.39 is 5.97 Å². The number of methoxy groups -OCH3 is 1. The molecule has 1 aromatic heterocycles. The largest absolute Gasteiger partial charge is 0.465 e. The van der Waals surface area contributed by atoms with Crippen LogP contribution in [0.15, 0.2) is 57.7 Å². The smallest absolute Gasteiger partial charge is 0.337 e. The highest BCUT2D eigenvalue weighted by molar-refractivity contribution is 5.94. The molecule has 0 bridgehead atoms. The van der Waals surface area contributed by atoms with Gasteiger partial charge in [0.1, 0.15) is 11.3 Å². The van der Waals surface area contributed by atoms with Crippen LogP contribution < -0.4 is 5.43 Å². The van der Waals surface area contributed by atoms with Gasteiger partial charge in [0.2, 0.25) is 0 Å². The van der Waals surface area contributed by atoms with Crippen LogP contribution in [-0.2, 0) is 11.2 Å². The molecule has 0 unspecified atom stereocenters. The summed E-state index contributed by atoms with van der Waals surface area (Å²) >= 11 is 0. The van der Waals surface area contributed by atoms with Crippen molar-refractivity contribution >= 4 is 29.1 Å². The van der Waals surface area contributed by atoms with Crippen LogP contribution in [0.3, 0.4) is 0 Å². The number of carbonyl (C=O) groups is 1. The highest BCUT2D eigenvalue weighted by Gasteiger charge is 2.14. The minimum absolute atomic E-state index is 0.123. The lowest BCUT2D eigenvalue weighted by molar-refractivity contribution is 0.0601. The number of rotatable bonds is 4. The molecule has 3 rings (SSSR count). The van der Waals surface area contributed by atoms with Crippen molar-refractivity contribution in [3.63, 3.8) is 0 Å². The summed E-state index contributed by atoms with van der Waals surface area (Å²) in [4.78, 5) is 24.5. The lowest BCUT2D eigenvalue weighted by Gasteiger charge is -2.07. The number of fused-ring (bicyclic) bond motifs is 1. The first-order chi connectivity index (χ1) is 12.1. The molecule has 126 valence electrons. The molecule has 0 saturated heterocycles. The molecule has 25 heavy (non-hydrogen) atoms. The van der Waals surface area contributed by atoms with Gasteiger partial charge in [-0.3, -0.25) is 4.79 Å². The van der Waals surface area contributed by atoms with E-state index in [2.05, 4.69) is 0 Å².